The molecule has 0 bridgehead atoms. The van der Waals surface area contributed by atoms with Gasteiger partial charge in [0, 0.05) is 21.8 Å². The maximum absolute atomic E-state index is 13.2. The summed E-state index contributed by atoms with van der Waals surface area (Å²) in [5.41, 5.74) is -0.792. The Bertz CT molecular complexity index is 1160. The van der Waals surface area contributed by atoms with Crippen LogP contribution in [0.2, 0.25) is 0 Å². The molecule has 1 fully saturated rings. The fraction of sp³-hybridized carbons (Fsp3) is 0.778. The number of halogens is 1. The van der Waals surface area contributed by atoms with Gasteiger partial charge in [-0.1, -0.05) is 87.3 Å². The van der Waals surface area contributed by atoms with Gasteiger partial charge in [0.1, 0.15) is 6.07 Å². The van der Waals surface area contributed by atoms with Crippen molar-refractivity contribution in [1.29, 1.82) is 5.26 Å². The summed E-state index contributed by atoms with van der Waals surface area (Å²) in [4.78, 5) is 41.3. The Hall–Kier alpha value is -2.29. The van der Waals surface area contributed by atoms with Crippen LogP contribution in [0.15, 0.2) is 23.3 Å². The molecule has 42 heavy (non-hydrogen) atoms. The van der Waals surface area contributed by atoms with E-state index < -0.39 is 16.8 Å². The van der Waals surface area contributed by atoms with Crippen LogP contribution in [0, 0.1) is 49.7 Å². The van der Waals surface area contributed by atoms with E-state index in [4.69, 9.17) is 0 Å². The molecule has 1 saturated carbocycles. The van der Waals surface area contributed by atoms with Gasteiger partial charge in [0.05, 0.1) is 5.57 Å². The number of ketones is 2. The number of hydrogen-bond donors (Lipinski definition) is 0. The van der Waals surface area contributed by atoms with Gasteiger partial charge in [-0.3, -0.25) is 14.5 Å². The number of Topliss-reactive ketones (excluding diaryl/α,β-unsaturated/α-hetero) is 1. The number of rotatable bonds is 13. The van der Waals surface area contributed by atoms with Crippen LogP contribution in [-0.2, 0) is 19.3 Å². The molecule has 0 radical (unpaired) electrons. The third-order valence-electron chi connectivity index (χ3n) is 11.6. The number of carbonyl (C=O) groups is 3. The molecule has 0 spiro atoms. The van der Waals surface area contributed by atoms with Crippen LogP contribution in [0.3, 0.4) is 0 Å². The van der Waals surface area contributed by atoms with E-state index in [1.165, 1.54) is 0 Å². The number of hydrogen-bond acceptors (Lipinski definition) is 5. The molecular formula is C36H56FNO4. The van der Waals surface area contributed by atoms with Crippen molar-refractivity contribution < 1.29 is 23.9 Å². The van der Waals surface area contributed by atoms with Gasteiger partial charge < -0.3 is 0 Å². The predicted molar refractivity (Wildman–Crippen MR) is 166 cm³/mol. The van der Waals surface area contributed by atoms with E-state index in [2.05, 4.69) is 66.4 Å². The van der Waals surface area contributed by atoms with Gasteiger partial charge in [-0.15, -0.1) is 0 Å². The number of fused-ring (bicyclic) bond motifs is 1. The topological polar surface area (TPSA) is 84.2 Å². The highest BCUT2D eigenvalue weighted by Crippen LogP contribution is 2.67. The van der Waals surface area contributed by atoms with Crippen molar-refractivity contribution in [1.82, 2.24) is 0 Å². The molecule has 2 aliphatic rings. The first-order valence-electron chi connectivity index (χ1n) is 15.9. The van der Waals surface area contributed by atoms with E-state index >= 15 is 0 Å². The second-order valence-electron chi connectivity index (χ2n) is 16.2. The second-order valence-corrected chi connectivity index (χ2v) is 16.2. The lowest BCUT2D eigenvalue weighted by atomic mass is 9.42. The van der Waals surface area contributed by atoms with Crippen molar-refractivity contribution in [2.45, 2.75) is 140 Å². The maximum atomic E-state index is 13.2. The zero-order valence-corrected chi connectivity index (χ0v) is 28.3. The molecule has 0 aromatic heterocycles. The second kappa shape index (κ2) is 12.7. The molecule has 2 aliphatic carbocycles. The first kappa shape index (κ1) is 35.9. The quantitative estimate of drug-likeness (QED) is 0.201. The van der Waals surface area contributed by atoms with Crippen LogP contribution in [-0.4, -0.2) is 17.5 Å². The van der Waals surface area contributed by atoms with Gasteiger partial charge in [0.15, 0.2) is 11.6 Å². The molecule has 0 heterocycles. The average Bonchev–Trinajstić information content (AvgIpc) is 2.89. The maximum Gasteiger partial charge on any atom is 0.348 e. The van der Waals surface area contributed by atoms with Gasteiger partial charge in [-0.2, -0.15) is 5.26 Å². The molecule has 0 aromatic rings. The summed E-state index contributed by atoms with van der Waals surface area (Å²) >= 11 is 0. The molecule has 0 amide bonds. The molecule has 6 heteroatoms. The molecule has 0 saturated heterocycles. The Kier molecular flexibility index (Phi) is 10.9. The van der Waals surface area contributed by atoms with Crippen LogP contribution >= 0.6 is 0 Å². The van der Waals surface area contributed by atoms with Gasteiger partial charge in [-0.05, 0) is 91.9 Å². The molecule has 0 aromatic carbocycles. The summed E-state index contributed by atoms with van der Waals surface area (Å²) in [6.07, 6.45) is 11.7. The van der Waals surface area contributed by atoms with E-state index in [-0.39, 0.29) is 51.1 Å². The van der Waals surface area contributed by atoms with E-state index in [9.17, 15) is 24.2 Å². The van der Waals surface area contributed by atoms with E-state index in [1.54, 1.807) is 13.0 Å². The Balaban J connectivity index is 2.52. The van der Waals surface area contributed by atoms with Gasteiger partial charge in [0.2, 0.25) is 0 Å². The lowest BCUT2D eigenvalue weighted by Gasteiger charge is -2.61. The Morgan fingerprint density at radius 1 is 1.05 bits per heavy atom. The molecule has 0 aliphatic heterocycles. The summed E-state index contributed by atoms with van der Waals surface area (Å²) in [7, 11) is 0. The standard InChI is InChI=1S/C36H56FNO4/c1-12-15-31(3,4)18-20-34(9,16-14-29(40)42-37)21-19-32(5,6)36(11)17-13-27-33(7,8)30(41)26(24-38)23-35(27,10)28(36)22-25(2)39/h22-23,27H,12-21H2,1-11H3/b28-22-/t27-,34-,35-,36+/m0/s1. The third-order valence-corrected chi connectivity index (χ3v) is 11.6. The number of nitriles is 1. The SMILES string of the molecule is CCCC(C)(C)CC[C@](C)(CCC(=O)OF)CCC(C)(C)[C@]1(C)CC[C@H]2C(C)(C)C(=O)C(C#N)=C[C@]2(C)/C1=C/C(C)=O. The molecular weight excluding hydrogens is 529 g/mol. The monoisotopic (exact) mass is 585 g/mol. The van der Waals surface area contributed by atoms with Gasteiger partial charge in [0.25, 0.3) is 0 Å². The average molecular weight is 586 g/mol. The van der Waals surface area contributed by atoms with Crippen molar-refractivity contribution in [2.75, 3.05) is 0 Å². The normalized spacial score (nSPS) is 28.4. The smallest absolute Gasteiger partial charge is 0.295 e. The minimum Gasteiger partial charge on any atom is -0.295 e. The van der Waals surface area contributed by atoms with Crippen molar-refractivity contribution in [2.24, 2.45) is 38.4 Å². The summed E-state index contributed by atoms with van der Waals surface area (Å²) < 4.78 is 12.6. The zero-order chi connectivity index (χ0) is 32.4. The highest BCUT2D eigenvalue weighted by molar-refractivity contribution is 6.04. The summed E-state index contributed by atoms with van der Waals surface area (Å²) in [6.45, 7) is 23.3. The molecule has 0 N–H and O–H groups in total. The molecule has 236 valence electrons. The van der Waals surface area contributed by atoms with E-state index in [1.807, 2.05) is 19.9 Å². The van der Waals surface area contributed by atoms with Crippen molar-refractivity contribution in [3.05, 3.63) is 23.3 Å². The first-order valence-corrected chi connectivity index (χ1v) is 15.9. The fourth-order valence-corrected chi connectivity index (χ4v) is 8.26. The number of carbonyl (C=O) groups excluding carboxylic acids is 3. The highest BCUT2D eigenvalue weighted by Gasteiger charge is 2.61. The minimum atomic E-state index is -0.826. The largest absolute Gasteiger partial charge is 0.348 e. The Labute approximate surface area is 254 Å². The van der Waals surface area contributed by atoms with Crippen LogP contribution in [0.4, 0.5) is 4.53 Å². The number of nitrogens with zero attached hydrogens (tertiary/aromatic N) is 1. The highest BCUT2D eigenvalue weighted by atomic mass is 19.3. The first-order chi connectivity index (χ1) is 19.1. The fourth-order valence-electron chi connectivity index (χ4n) is 8.26. The Morgan fingerprint density at radius 3 is 2.17 bits per heavy atom. The predicted octanol–water partition coefficient (Wildman–Crippen LogP) is 9.61. The van der Waals surface area contributed by atoms with Crippen molar-refractivity contribution >= 4 is 17.5 Å². The third kappa shape index (κ3) is 7.25. The molecule has 4 atom stereocenters. The molecule has 0 unspecified atom stereocenters. The minimum absolute atomic E-state index is 0.0261. The molecule has 2 rings (SSSR count). The summed E-state index contributed by atoms with van der Waals surface area (Å²) in [5.74, 6) is -1.01. The lowest BCUT2D eigenvalue weighted by Crippen LogP contribution is -2.55. The molecule has 5 nitrogen and oxygen atoms in total. The summed E-state index contributed by atoms with van der Waals surface area (Å²) in [6, 6.07) is 2.15. The van der Waals surface area contributed by atoms with Crippen LogP contribution < -0.4 is 0 Å². The lowest BCUT2D eigenvalue weighted by molar-refractivity contribution is -0.184. The van der Waals surface area contributed by atoms with Crippen LogP contribution in [0.5, 0.6) is 0 Å². The van der Waals surface area contributed by atoms with Gasteiger partial charge >= 0.3 is 5.97 Å². The van der Waals surface area contributed by atoms with E-state index in [0.29, 0.717) is 6.42 Å². The van der Waals surface area contributed by atoms with Crippen LogP contribution in [0.1, 0.15) is 140 Å². The zero-order valence-electron chi connectivity index (χ0n) is 28.3. The van der Waals surface area contributed by atoms with Gasteiger partial charge in [-0.25, -0.2) is 4.79 Å². The Morgan fingerprint density at radius 2 is 1.64 bits per heavy atom. The van der Waals surface area contributed by atoms with Crippen molar-refractivity contribution in [3.63, 3.8) is 0 Å². The number of allylic oxidation sites excluding steroid dienone is 4. The van der Waals surface area contributed by atoms with Crippen molar-refractivity contribution in [3.8, 4) is 6.07 Å². The van der Waals surface area contributed by atoms with Crippen LogP contribution in [0.25, 0.3) is 0 Å². The summed E-state index contributed by atoms with van der Waals surface area (Å²) in [5, 5.41) is 9.90. The van der Waals surface area contributed by atoms with E-state index in [0.717, 1.165) is 56.9 Å².